The Hall–Kier alpha value is -2.78. The molecule has 0 saturated heterocycles. The first kappa shape index (κ1) is 21.5. The van der Waals surface area contributed by atoms with E-state index in [2.05, 4.69) is 20.6 Å². The molecule has 0 saturated carbocycles. The molecule has 2 amide bonds. The Morgan fingerprint density at radius 2 is 1.96 bits per heavy atom. The molecule has 1 aromatic heterocycles. The fourth-order valence-corrected chi connectivity index (χ4v) is 2.49. The molecule has 8 nitrogen and oxygen atoms in total. The number of amides is 2. The molecule has 152 valence electrons. The van der Waals surface area contributed by atoms with E-state index in [1.165, 1.54) is 29.2 Å². The van der Waals surface area contributed by atoms with Crippen LogP contribution >= 0.6 is 0 Å². The number of halogens is 1. The molecule has 0 bridgehead atoms. The van der Waals surface area contributed by atoms with Crippen molar-refractivity contribution in [3.05, 3.63) is 42.3 Å². The van der Waals surface area contributed by atoms with Crippen LogP contribution in [0.3, 0.4) is 0 Å². The number of hydrogen-bond acceptors (Lipinski definition) is 6. The van der Waals surface area contributed by atoms with Gasteiger partial charge in [-0.05, 0) is 37.6 Å². The smallest absolute Gasteiger partial charge is 0.327 e. The van der Waals surface area contributed by atoms with Gasteiger partial charge in [0.1, 0.15) is 11.6 Å². The second-order valence-corrected chi connectivity index (χ2v) is 6.13. The zero-order chi connectivity index (χ0) is 20.4. The first-order chi connectivity index (χ1) is 13.5. The normalized spacial score (nSPS) is 11.7. The molecule has 0 spiro atoms. The van der Waals surface area contributed by atoms with Crippen LogP contribution in [0.15, 0.2) is 36.5 Å². The molecule has 1 unspecified atom stereocenters. The van der Waals surface area contributed by atoms with Crippen LogP contribution in [0.25, 0.3) is 0 Å². The number of benzene rings is 1. The van der Waals surface area contributed by atoms with Crippen LogP contribution in [0, 0.1) is 5.82 Å². The third-order valence-corrected chi connectivity index (χ3v) is 3.75. The maximum atomic E-state index is 13.3. The first-order valence-electron chi connectivity index (χ1n) is 8.96. The highest BCUT2D eigenvalue weighted by atomic mass is 19.1. The zero-order valence-electron chi connectivity index (χ0n) is 16.3. The summed E-state index contributed by atoms with van der Waals surface area (Å²) in [4.78, 5) is 22.8. The third kappa shape index (κ3) is 6.43. The molecular weight excluding hydrogens is 365 g/mol. The number of carbonyl (C=O) groups is 1. The standard InChI is InChI=1S/C19H26FN5O3/c1-14(13-28-3)23-18-21-11-9-17(24-18)25(16-7-5-15(20)6-8-16)19(26)22-10-4-12-27-2/h5-9,11,14H,4,10,12-13H2,1-3H3,(H,22,26)(H,21,23,24). The first-order valence-corrected chi connectivity index (χ1v) is 8.96. The number of carbonyl (C=O) groups excluding carboxylic acids is 1. The van der Waals surface area contributed by atoms with Gasteiger partial charge in [-0.25, -0.2) is 19.1 Å². The number of nitrogens with one attached hydrogen (secondary N) is 2. The third-order valence-electron chi connectivity index (χ3n) is 3.75. The maximum Gasteiger partial charge on any atom is 0.327 e. The van der Waals surface area contributed by atoms with Gasteiger partial charge < -0.3 is 20.1 Å². The Kier molecular flexibility index (Phi) is 8.57. The summed E-state index contributed by atoms with van der Waals surface area (Å²) in [7, 11) is 3.21. The summed E-state index contributed by atoms with van der Waals surface area (Å²) >= 11 is 0. The minimum Gasteiger partial charge on any atom is -0.385 e. The second-order valence-electron chi connectivity index (χ2n) is 6.13. The van der Waals surface area contributed by atoms with E-state index >= 15 is 0 Å². The predicted octanol–water partition coefficient (Wildman–Crippen LogP) is 2.95. The summed E-state index contributed by atoms with van der Waals surface area (Å²) in [5, 5.41) is 5.94. The zero-order valence-corrected chi connectivity index (χ0v) is 16.3. The summed E-state index contributed by atoms with van der Waals surface area (Å²) in [6.45, 7) is 3.39. The Balaban J connectivity index is 2.25. The predicted molar refractivity (Wildman–Crippen MR) is 105 cm³/mol. The number of hydrogen-bond donors (Lipinski definition) is 2. The molecule has 28 heavy (non-hydrogen) atoms. The van der Waals surface area contributed by atoms with E-state index in [0.29, 0.717) is 43.6 Å². The summed E-state index contributed by atoms with van der Waals surface area (Å²) in [6.07, 6.45) is 2.23. The summed E-state index contributed by atoms with van der Waals surface area (Å²) in [5.41, 5.74) is 0.486. The van der Waals surface area contributed by atoms with Gasteiger partial charge in [0.05, 0.1) is 12.3 Å². The maximum absolute atomic E-state index is 13.3. The Morgan fingerprint density at radius 1 is 1.21 bits per heavy atom. The van der Waals surface area contributed by atoms with Gasteiger partial charge in [0.15, 0.2) is 0 Å². The van der Waals surface area contributed by atoms with E-state index in [4.69, 9.17) is 9.47 Å². The number of aromatic nitrogens is 2. The lowest BCUT2D eigenvalue weighted by atomic mass is 10.3. The van der Waals surface area contributed by atoms with Crippen molar-refractivity contribution < 1.29 is 18.7 Å². The van der Waals surface area contributed by atoms with Gasteiger partial charge in [-0.2, -0.15) is 4.98 Å². The topological polar surface area (TPSA) is 88.6 Å². The molecule has 1 aromatic carbocycles. The average molecular weight is 391 g/mol. The minimum absolute atomic E-state index is 0.0117. The lowest BCUT2D eigenvalue weighted by Crippen LogP contribution is -2.38. The van der Waals surface area contributed by atoms with Crippen molar-refractivity contribution in [2.75, 3.05) is 44.2 Å². The molecule has 2 N–H and O–H groups in total. The van der Waals surface area contributed by atoms with E-state index in [1.54, 1.807) is 26.5 Å². The van der Waals surface area contributed by atoms with Gasteiger partial charge in [-0.15, -0.1) is 0 Å². The average Bonchev–Trinajstić information content (AvgIpc) is 2.67. The van der Waals surface area contributed by atoms with Crippen LogP contribution in [-0.4, -0.2) is 56.0 Å². The molecule has 2 rings (SSSR count). The van der Waals surface area contributed by atoms with E-state index in [1.807, 2.05) is 6.92 Å². The fourth-order valence-electron chi connectivity index (χ4n) is 2.49. The van der Waals surface area contributed by atoms with Crippen molar-refractivity contribution in [3.63, 3.8) is 0 Å². The Labute approximate surface area is 164 Å². The van der Waals surface area contributed by atoms with E-state index in [-0.39, 0.29) is 17.9 Å². The van der Waals surface area contributed by atoms with Crippen LogP contribution in [0.1, 0.15) is 13.3 Å². The van der Waals surface area contributed by atoms with Crippen molar-refractivity contribution in [2.24, 2.45) is 0 Å². The van der Waals surface area contributed by atoms with Crippen molar-refractivity contribution >= 4 is 23.5 Å². The largest absolute Gasteiger partial charge is 0.385 e. The van der Waals surface area contributed by atoms with Gasteiger partial charge >= 0.3 is 6.03 Å². The molecular formula is C19H26FN5O3. The lowest BCUT2D eigenvalue weighted by Gasteiger charge is -2.23. The van der Waals surface area contributed by atoms with Crippen LogP contribution < -0.4 is 15.5 Å². The summed E-state index contributed by atoms with van der Waals surface area (Å²) in [6, 6.07) is 6.85. The van der Waals surface area contributed by atoms with Crippen molar-refractivity contribution in [3.8, 4) is 0 Å². The van der Waals surface area contributed by atoms with Gasteiger partial charge in [-0.3, -0.25) is 0 Å². The van der Waals surface area contributed by atoms with E-state index in [9.17, 15) is 9.18 Å². The summed E-state index contributed by atoms with van der Waals surface area (Å²) in [5.74, 6) is 0.335. The molecule has 0 aliphatic heterocycles. The molecule has 1 atom stereocenters. The molecule has 0 aliphatic carbocycles. The van der Waals surface area contributed by atoms with Gasteiger partial charge in [0, 0.05) is 45.7 Å². The SMILES string of the molecule is COCCCNC(=O)N(c1ccc(F)cc1)c1ccnc(NC(C)COC)n1. The molecule has 0 fully saturated rings. The lowest BCUT2D eigenvalue weighted by molar-refractivity contribution is 0.190. The number of urea groups is 1. The number of anilines is 3. The van der Waals surface area contributed by atoms with Crippen molar-refractivity contribution in [2.45, 2.75) is 19.4 Å². The van der Waals surface area contributed by atoms with E-state index < -0.39 is 0 Å². The Morgan fingerprint density at radius 3 is 2.64 bits per heavy atom. The molecule has 0 aliphatic rings. The Bertz CT molecular complexity index is 745. The van der Waals surface area contributed by atoms with E-state index in [0.717, 1.165) is 0 Å². The fraction of sp³-hybridized carbons (Fsp3) is 0.421. The number of rotatable bonds is 10. The minimum atomic E-state index is -0.386. The highest BCUT2D eigenvalue weighted by Crippen LogP contribution is 2.24. The van der Waals surface area contributed by atoms with Gasteiger partial charge in [0.2, 0.25) is 5.95 Å². The summed E-state index contributed by atoms with van der Waals surface area (Å²) < 4.78 is 23.4. The molecule has 1 heterocycles. The molecule has 0 radical (unpaired) electrons. The number of nitrogens with zero attached hydrogens (tertiary/aromatic N) is 3. The second kappa shape index (κ2) is 11.2. The highest BCUT2D eigenvalue weighted by Gasteiger charge is 2.20. The number of methoxy groups -OCH3 is 2. The molecule has 9 heteroatoms. The van der Waals surface area contributed by atoms with Gasteiger partial charge in [-0.1, -0.05) is 0 Å². The van der Waals surface area contributed by atoms with Crippen LogP contribution in [0.2, 0.25) is 0 Å². The van der Waals surface area contributed by atoms with Crippen molar-refractivity contribution in [1.82, 2.24) is 15.3 Å². The van der Waals surface area contributed by atoms with Crippen LogP contribution in [0.4, 0.5) is 26.6 Å². The van der Waals surface area contributed by atoms with Crippen LogP contribution in [0.5, 0.6) is 0 Å². The number of ether oxygens (including phenoxy) is 2. The van der Waals surface area contributed by atoms with Crippen LogP contribution in [-0.2, 0) is 9.47 Å². The quantitative estimate of drug-likeness (QED) is 0.606. The monoisotopic (exact) mass is 391 g/mol. The molecule has 2 aromatic rings. The van der Waals surface area contributed by atoms with Gasteiger partial charge in [0.25, 0.3) is 0 Å². The van der Waals surface area contributed by atoms with Crippen molar-refractivity contribution in [1.29, 1.82) is 0 Å². The highest BCUT2D eigenvalue weighted by molar-refractivity contribution is 5.98.